The fourth-order valence-electron chi connectivity index (χ4n) is 1.75. The third-order valence-corrected chi connectivity index (χ3v) is 2.93. The molecule has 0 aliphatic carbocycles. The Morgan fingerprint density at radius 1 is 0.950 bits per heavy atom. The maximum atomic E-state index is 11.3. The molecule has 0 spiro atoms. The van der Waals surface area contributed by atoms with Crippen LogP contribution in [-0.2, 0) is 14.3 Å². The average molecular weight is 291 g/mol. The second kappa shape index (κ2) is 6.21. The summed E-state index contributed by atoms with van der Waals surface area (Å²) in [5, 5.41) is 9.22. The summed E-state index contributed by atoms with van der Waals surface area (Å²) in [6.07, 6.45) is -0.780. The lowest BCUT2D eigenvalue weighted by Gasteiger charge is -2.17. The van der Waals surface area contributed by atoms with Crippen molar-refractivity contribution < 1.29 is 19.4 Å². The maximum absolute atomic E-state index is 11.3. The van der Waals surface area contributed by atoms with Crippen molar-refractivity contribution in [3.63, 3.8) is 0 Å². The van der Waals surface area contributed by atoms with Gasteiger partial charge in [-0.3, -0.25) is 0 Å². The highest BCUT2D eigenvalue weighted by Crippen LogP contribution is 2.27. The third kappa shape index (κ3) is 3.36. The van der Waals surface area contributed by atoms with E-state index in [1.54, 1.807) is 48.5 Å². The number of benzene rings is 2. The number of esters is 1. The van der Waals surface area contributed by atoms with Crippen LogP contribution in [0.2, 0.25) is 5.02 Å². The summed E-state index contributed by atoms with van der Waals surface area (Å²) in [6.45, 7) is 0. The van der Waals surface area contributed by atoms with Gasteiger partial charge in [-0.1, -0.05) is 54.1 Å². The predicted octanol–water partition coefficient (Wildman–Crippen LogP) is 3.06. The number of carboxylic acids is 1. The Balaban J connectivity index is 2.36. The Morgan fingerprint density at radius 2 is 1.50 bits per heavy atom. The van der Waals surface area contributed by atoms with E-state index in [0.717, 1.165) is 0 Å². The van der Waals surface area contributed by atoms with E-state index in [2.05, 4.69) is 0 Å². The molecule has 102 valence electrons. The number of ether oxygens (including phenoxy) is 1. The van der Waals surface area contributed by atoms with Gasteiger partial charge in [-0.25, -0.2) is 9.59 Å². The largest absolute Gasteiger partial charge is 0.473 e. The van der Waals surface area contributed by atoms with Crippen LogP contribution in [0.3, 0.4) is 0 Å². The van der Waals surface area contributed by atoms with Gasteiger partial charge in [0.15, 0.2) is 6.10 Å². The lowest BCUT2D eigenvalue weighted by molar-refractivity contribution is -0.166. The monoisotopic (exact) mass is 290 g/mol. The maximum Gasteiger partial charge on any atom is 0.418 e. The molecule has 0 amide bonds. The summed E-state index contributed by atoms with van der Waals surface area (Å²) in [5.74, 6) is -2.92. The van der Waals surface area contributed by atoms with Crippen molar-refractivity contribution >= 4 is 23.5 Å². The normalized spacial score (nSPS) is 11.7. The molecule has 2 aromatic carbocycles. The van der Waals surface area contributed by atoms with Crippen molar-refractivity contribution in [3.8, 4) is 0 Å². The van der Waals surface area contributed by atoms with E-state index in [1.807, 2.05) is 6.07 Å². The Kier molecular flexibility index (Phi) is 4.38. The van der Waals surface area contributed by atoms with Gasteiger partial charge >= 0.3 is 11.9 Å². The highest BCUT2D eigenvalue weighted by Gasteiger charge is 2.23. The summed E-state index contributed by atoms with van der Waals surface area (Å²) >= 11 is 5.82. The molecule has 0 radical (unpaired) electrons. The molecule has 0 aliphatic rings. The van der Waals surface area contributed by atoms with Crippen LogP contribution in [0.15, 0.2) is 54.6 Å². The zero-order valence-corrected chi connectivity index (χ0v) is 11.1. The second-order valence-electron chi connectivity index (χ2n) is 4.05. The number of carboxylic acid groups (broad SMARTS) is 1. The van der Waals surface area contributed by atoms with E-state index in [9.17, 15) is 9.59 Å². The van der Waals surface area contributed by atoms with Crippen LogP contribution in [0, 0.1) is 0 Å². The smallest absolute Gasteiger partial charge is 0.418 e. The standard InChI is InChI=1S/C15H11ClO4/c16-12-8-6-11(7-9-12)13(20-15(19)14(17)18)10-4-2-1-3-5-10/h1-9,13H,(H,17,18). The third-order valence-electron chi connectivity index (χ3n) is 2.67. The molecule has 0 fully saturated rings. The van der Waals surface area contributed by atoms with Crippen LogP contribution in [0.25, 0.3) is 0 Å². The zero-order valence-electron chi connectivity index (χ0n) is 10.3. The van der Waals surface area contributed by atoms with E-state index in [4.69, 9.17) is 21.4 Å². The number of rotatable bonds is 3. The molecule has 1 unspecified atom stereocenters. The van der Waals surface area contributed by atoms with Crippen molar-refractivity contribution in [1.29, 1.82) is 0 Å². The molecular weight excluding hydrogens is 280 g/mol. The SMILES string of the molecule is O=C(O)C(=O)OC(c1ccccc1)c1ccc(Cl)cc1. The van der Waals surface area contributed by atoms with Crippen LogP contribution < -0.4 is 0 Å². The summed E-state index contributed by atoms with van der Waals surface area (Å²) in [6, 6.07) is 15.6. The number of aliphatic carboxylic acids is 1. The molecule has 0 aliphatic heterocycles. The summed E-state index contributed by atoms with van der Waals surface area (Å²) in [7, 11) is 0. The molecule has 2 rings (SSSR count). The first-order valence-electron chi connectivity index (χ1n) is 5.82. The number of hydrogen-bond donors (Lipinski definition) is 1. The molecule has 4 nitrogen and oxygen atoms in total. The van der Waals surface area contributed by atoms with E-state index in [1.165, 1.54) is 0 Å². The lowest BCUT2D eigenvalue weighted by atomic mass is 10.0. The molecular formula is C15H11ClO4. The summed E-state index contributed by atoms with van der Waals surface area (Å²) in [5.41, 5.74) is 1.33. The number of halogens is 1. The van der Waals surface area contributed by atoms with Crippen LogP contribution in [0.1, 0.15) is 17.2 Å². The highest BCUT2D eigenvalue weighted by molar-refractivity contribution is 6.30. The predicted molar refractivity (Wildman–Crippen MR) is 73.5 cm³/mol. The molecule has 1 N–H and O–H groups in total. The van der Waals surface area contributed by atoms with E-state index in [-0.39, 0.29) is 0 Å². The van der Waals surface area contributed by atoms with Gasteiger partial charge in [-0.15, -0.1) is 0 Å². The quantitative estimate of drug-likeness (QED) is 0.697. The van der Waals surface area contributed by atoms with Crippen molar-refractivity contribution in [3.05, 3.63) is 70.7 Å². The minimum absolute atomic E-state index is 0.546. The fourth-order valence-corrected chi connectivity index (χ4v) is 1.88. The van der Waals surface area contributed by atoms with Crippen LogP contribution >= 0.6 is 11.6 Å². The minimum atomic E-state index is -1.63. The van der Waals surface area contributed by atoms with E-state index in [0.29, 0.717) is 16.1 Å². The van der Waals surface area contributed by atoms with Crippen molar-refractivity contribution in [1.82, 2.24) is 0 Å². The Labute approximate surface area is 120 Å². The first kappa shape index (κ1) is 14.1. The molecule has 0 aromatic heterocycles. The summed E-state index contributed by atoms with van der Waals surface area (Å²) in [4.78, 5) is 22.0. The van der Waals surface area contributed by atoms with Crippen LogP contribution in [-0.4, -0.2) is 17.0 Å². The number of carbonyl (C=O) groups excluding carboxylic acids is 1. The van der Waals surface area contributed by atoms with Crippen LogP contribution in [0.5, 0.6) is 0 Å². The Morgan fingerprint density at radius 3 is 2.05 bits per heavy atom. The molecule has 1 atom stereocenters. The van der Waals surface area contributed by atoms with Crippen molar-refractivity contribution in [2.24, 2.45) is 0 Å². The zero-order chi connectivity index (χ0) is 14.5. The van der Waals surface area contributed by atoms with Gasteiger partial charge in [0, 0.05) is 5.02 Å². The first-order valence-corrected chi connectivity index (χ1v) is 6.20. The number of hydrogen-bond acceptors (Lipinski definition) is 3. The molecule has 20 heavy (non-hydrogen) atoms. The Hall–Kier alpha value is -2.33. The van der Waals surface area contributed by atoms with Crippen LogP contribution in [0.4, 0.5) is 0 Å². The minimum Gasteiger partial charge on any atom is -0.473 e. The van der Waals surface area contributed by atoms with E-state index < -0.39 is 18.0 Å². The Bertz CT molecular complexity index is 608. The molecule has 0 heterocycles. The molecule has 2 aromatic rings. The first-order chi connectivity index (χ1) is 9.58. The average Bonchev–Trinajstić information content (AvgIpc) is 2.46. The second-order valence-corrected chi connectivity index (χ2v) is 4.49. The van der Waals surface area contributed by atoms with Gasteiger partial charge in [-0.2, -0.15) is 0 Å². The molecule has 0 saturated heterocycles. The molecule has 5 heteroatoms. The number of carbonyl (C=O) groups is 2. The van der Waals surface area contributed by atoms with Crippen molar-refractivity contribution in [2.75, 3.05) is 0 Å². The lowest BCUT2D eigenvalue weighted by Crippen LogP contribution is -2.20. The summed E-state index contributed by atoms with van der Waals surface area (Å²) < 4.78 is 5.04. The fraction of sp³-hybridized carbons (Fsp3) is 0.0667. The van der Waals surface area contributed by atoms with Crippen molar-refractivity contribution in [2.45, 2.75) is 6.10 Å². The topological polar surface area (TPSA) is 63.6 Å². The van der Waals surface area contributed by atoms with Gasteiger partial charge < -0.3 is 9.84 Å². The van der Waals surface area contributed by atoms with Gasteiger partial charge in [0.25, 0.3) is 0 Å². The highest BCUT2D eigenvalue weighted by atomic mass is 35.5. The molecule has 0 bridgehead atoms. The van der Waals surface area contributed by atoms with Gasteiger partial charge in [0.1, 0.15) is 0 Å². The van der Waals surface area contributed by atoms with Gasteiger partial charge in [0.05, 0.1) is 0 Å². The van der Waals surface area contributed by atoms with E-state index >= 15 is 0 Å². The van der Waals surface area contributed by atoms with Gasteiger partial charge in [-0.05, 0) is 23.3 Å². The van der Waals surface area contributed by atoms with Gasteiger partial charge in [0.2, 0.25) is 0 Å². The molecule has 0 saturated carbocycles.